The van der Waals surface area contributed by atoms with Gasteiger partial charge < -0.3 is 19.5 Å². The second-order valence-corrected chi connectivity index (χ2v) is 6.94. The fourth-order valence-corrected chi connectivity index (χ4v) is 3.86. The molecule has 2 saturated heterocycles. The normalized spacial score (nSPS) is 24.3. The highest BCUT2D eigenvalue weighted by Gasteiger charge is 2.45. The topological polar surface area (TPSA) is 65.6 Å². The molecule has 2 amide bonds. The zero-order valence-electron chi connectivity index (χ0n) is 13.3. The van der Waals surface area contributed by atoms with E-state index >= 15 is 0 Å². The van der Waals surface area contributed by atoms with E-state index < -0.39 is 5.60 Å². The summed E-state index contributed by atoms with van der Waals surface area (Å²) in [6.45, 7) is 1.64. The van der Waals surface area contributed by atoms with Crippen LogP contribution in [0.2, 0.25) is 5.02 Å². The number of ether oxygens (including phenoxy) is 1. The molecule has 4 rings (SSSR count). The van der Waals surface area contributed by atoms with Gasteiger partial charge in [-0.25, -0.2) is 0 Å². The highest BCUT2D eigenvalue weighted by Crippen LogP contribution is 2.33. The maximum atomic E-state index is 12.9. The molecule has 1 spiro atoms. The maximum absolute atomic E-state index is 12.9. The molecule has 1 atom stereocenters. The van der Waals surface area contributed by atoms with Crippen molar-refractivity contribution >= 4 is 34.3 Å². The molecule has 6 nitrogen and oxygen atoms in total. The van der Waals surface area contributed by atoms with E-state index in [9.17, 15) is 9.59 Å². The molecule has 0 radical (unpaired) electrons. The number of hydrogen-bond acceptors (Lipinski definition) is 3. The van der Waals surface area contributed by atoms with Gasteiger partial charge in [-0.3, -0.25) is 9.59 Å². The maximum Gasteiger partial charge on any atom is 0.271 e. The minimum Gasteiger partial charge on any atom is -0.361 e. The number of benzene rings is 1. The average molecular weight is 348 g/mol. The fraction of sp³-hybridized carbons (Fsp3) is 0.412. The van der Waals surface area contributed by atoms with E-state index in [0.717, 1.165) is 10.9 Å². The summed E-state index contributed by atoms with van der Waals surface area (Å²) in [4.78, 5) is 31.0. The lowest BCUT2D eigenvalue weighted by Crippen LogP contribution is -2.54. The number of nitrogens with one attached hydrogen (secondary N) is 1. The number of hydrogen-bond donors (Lipinski definition) is 1. The number of halogens is 1. The number of likely N-dealkylation sites (N-methyl/N-ethyl adjacent to an activating group) is 1. The number of H-pyrrole nitrogens is 1. The van der Waals surface area contributed by atoms with Crippen LogP contribution in [-0.4, -0.2) is 65.5 Å². The van der Waals surface area contributed by atoms with Crippen molar-refractivity contribution in [2.75, 3.05) is 33.3 Å². The van der Waals surface area contributed by atoms with Crippen molar-refractivity contribution in [2.45, 2.75) is 12.0 Å². The number of carbonyl (C=O) groups is 2. The van der Waals surface area contributed by atoms with Gasteiger partial charge in [-0.2, -0.15) is 0 Å². The molecule has 24 heavy (non-hydrogen) atoms. The quantitative estimate of drug-likeness (QED) is 0.856. The highest BCUT2D eigenvalue weighted by molar-refractivity contribution is 6.38. The summed E-state index contributed by atoms with van der Waals surface area (Å²) in [5.41, 5.74) is 0.797. The van der Waals surface area contributed by atoms with Crippen molar-refractivity contribution in [3.05, 3.63) is 35.0 Å². The number of para-hydroxylation sites is 1. The van der Waals surface area contributed by atoms with Crippen molar-refractivity contribution in [2.24, 2.45) is 0 Å². The fourth-order valence-electron chi connectivity index (χ4n) is 3.57. The first kappa shape index (κ1) is 15.5. The summed E-state index contributed by atoms with van der Waals surface area (Å²) in [6.07, 6.45) is 0.716. The van der Waals surface area contributed by atoms with Crippen LogP contribution in [0.1, 0.15) is 16.9 Å². The first-order valence-corrected chi connectivity index (χ1v) is 8.30. The molecule has 2 aliphatic heterocycles. The summed E-state index contributed by atoms with van der Waals surface area (Å²) in [5, 5.41) is 1.30. The Morgan fingerprint density at radius 1 is 1.33 bits per heavy atom. The molecule has 1 N–H and O–H groups in total. The Kier molecular flexibility index (Phi) is 3.54. The van der Waals surface area contributed by atoms with E-state index in [0.29, 0.717) is 36.8 Å². The lowest BCUT2D eigenvalue weighted by Gasteiger charge is -2.38. The third-order valence-corrected chi connectivity index (χ3v) is 5.31. The number of rotatable bonds is 1. The number of morpholine rings is 1. The van der Waals surface area contributed by atoms with Crippen LogP contribution in [0.4, 0.5) is 0 Å². The van der Waals surface area contributed by atoms with Crippen LogP contribution in [0.3, 0.4) is 0 Å². The number of carbonyl (C=O) groups excluding carboxylic acids is 2. The first-order chi connectivity index (χ1) is 11.5. The second-order valence-electron chi connectivity index (χ2n) is 6.56. The molecule has 2 aromatic rings. The molecule has 0 unspecified atom stereocenters. The minimum atomic E-state index is -0.461. The molecule has 126 valence electrons. The average Bonchev–Trinajstić information content (AvgIpc) is 3.14. The molecule has 3 heterocycles. The van der Waals surface area contributed by atoms with E-state index in [4.69, 9.17) is 16.3 Å². The number of aromatic nitrogens is 1. The van der Waals surface area contributed by atoms with Crippen molar-refractivity contribution in [3.63, 3.8) is 0 Å². The third-order valence-electron chi connectivity index (χ3n) is 4.91. The molecule has 0 bridgehead atoms. The van der Waals surface area contributed by atoms with Crippen molar-refractivity contribution < 1.29 is 14.3 Å². The molecule has 1 aromatic carbocycles. The summed E-state index contributed by atoms with van der Waals surface area (Å²) < 4.78 is 5.79. The van der Waals surface area contributed by atoms with Crippen LogP contribution in [0.5, 0.6) is 0 Å². The summed E-state index contributed by atoms with van der Waals surface area (Å²) in [6, 6.07) is 7.58. The zero-order chi connectivity index (χ0) is 16.9. The lowest BCUT2D eigenvalue weighted by atomic mass is 10.0. The van der Waals surface area contributed by atoms with Crippen LogP contribution in [0.25, 0.3) is 10.9 Å². The molecule has 2 fully saturated rings. The largest absolute Gasteiger partial charge is 0.361 e. The van der Waals surface area contributed by atoms with E-state index in [1.807, 2.05) is 24.3 Å². The van der Waals surface area contributed by atoms with Gasteiger partial charge in [0.1, 0.15) is 17.9 Å². The monoisotopic (exact) mass is 347 g/mol. The third kappa shape index (κ3) is 2.37. The van der Waals surface area contributed by atoms with E-state index in [2.05, 4.69) is 4.98 Å². The van der Waals surface area contributed by atoms with E-state index in [1.54, 1.807) is 16.8 Å². The molecule has 0 aliphatic carbocycles. The smallest absolute Gasteiger partial charge is 0.271 e. The van der Waals surface area contributed by atoms with Gasteiger partial charge in [0.25, 0.3) is 5.91 Å². The van der Waals surface area contributed by atoms with Crippen LogP contribution >= 0.6 is 11.6 Å². The minimum absolute atomic E-state index is 0.0240. The molecule has 1 aromatic heterocycles. The zero-order valence-corrected chi connectivity index (χ0v) is 14.1. The number of aromatic amines is 1. The standard InChI is InChI=1S/C17H18ClN3O3/c1-20-9-17(24-8-13(20)22)6-7-21(10-17)16(23)15-14(18)11-4-2-3-5-12(11)19-15/h2-5,19H,6-10H2,1H3/t17-/m1/s1. The van der Waals surface area contributed by atoms with Gasteiger partial charge >= 0.3 is 0 Å². The van der Waals surface area contributed by atoms with Crippen LogP contribution in [0.15, 0.2) is 24.3 Å². The summed E-state index contributed by atoms with van der Waals surface area (Å²) in [7, 11) is 1.77. The van der Waals surface area contributed by atoms with Gasteiger partial charge in [-0.05, 0) is 12.5 Å². The SMILES string of the molecule is CN1C[C@@]2(CCN(C(=O)c3[nH]c4ccccc4c3Cl)C2)OCC1=O. The van der Waals surface area contributed by atoms with Gasteiger partial charge in [0.2, 0.25) is 5.91 Å². The summed E-state index contributed by atoms with van der Waals surface area (Å²) in [5.74, 6) is -0.153. The Balaban J connectivity index is 1.57. The van der Waals surface area contributed by atoms with Crippen LogP contribution in [0, 0.1) is 0 Å². The predicted molar refractivity (Wildman–Crippen MR) is 90.1 cm³/mol. The molecule has 7 heteroatoms. The number of fused-ring (bicyclic) bond motifs is 1. The van der Waals surface area contributed by atoms with Crippen molar-refractivity contribution in [1.82, 2.24) is 14.8 Å². The van der Waals surface area contributed by atoms with Crippen LogP contribution < -0.4 is 0 Å². The Labute approximate surface area is 144 Å². The number of amides is 2. The Morgan fingerprint density at radius 2 is 2.12 bits per heavy atom. The van der Waals surface area contributed by atoms with Gasteiger partial charge in [0, 0.05) is 24.5 Å². The van der Waals surface area contributed by atoms with E-state index in [-0.39, 0.29) is 18.4 Å². The second kappa shape index (κ2) is 5.50. The van der Waals surface area contributed by atoms with Crippen LogP contribution in [-0.2, 0) is 9.53 Å². The van der Waals surface area contributed by atoms with Gasteiger partial charge in [0.15, 0.2) is 0 Å². The Bertz CT molecular complexity index is 834. The number of nitrogens with zero attached hydrogens (tertiary/aromatic N) is 2. The Hall–Kier alpha value is -2.05. The van der Waals surface area contributed by atoms with Crippen molar-refractivity contribution in [3.8, 4) is 0 Å². The van der Waals surface area contributed by atoms with Crippen molar-refractivity contribution in [1.29, 1.82) is 0 Å². The molecular formula is C17H18ClN3O3. The number of likely N-dealkylation sites (tertiary alicyclic amines) is 1. The molecular weight excluding hydrogens is 330 g/mol. The molecule has 2 aliphatic rings. The predicted octanol–water partition coefficient (Wildman–Crippen LogP) is 1.89. The first-order valence-electron chi connectivity index (χ1n) is 7.92. The van der Waals surface area contributed by atoms with Gasteiger partial charge in [-0.1, -0.05) is 29.8 Å². The Morgan fingerprint density at radius 3 is 2.88 bits per heavy atom. The molecule has 0 saturated carbocycles. The van der Waals surface area contributed by atoms with E-state index in [1.165, 1.54) is 0 Å². The van der Waals surface area contributed by atoms with Gasteiger partial charge in [0.05, 0.1) is 18.1 Å². The summed E-state index contributed by atoms with van der Waals surface area (Å²) >= 11 is 6.39. The highest BCUT2D eigenvalue weighted by atomic mass is 35.5. The lowest BCUT2D eigenvalue weighted by molar-refractivity contribution is -0.158. The van der Waals surface area contributed by atoms with Gasteiger partial charge in [-0.15, -0.1) is 0 Å².